The summed E-state index contributed by atoms with van der Waals surface area (Å²) in [5, 5.41) is 17.4. The van der Waals surface area contributed by atoms with Gasteiger partial charge in [-0.05, 0) is 30.3 Å². The van der Waals surface area contributed by atoms with Crippen molar-refractivity contribution >= 4 is 17.3 Å². The third-order valence-electron chi connectivity index (χ3n) is 2.18. The number of hydrogen-bond acceptors (Lipinski definition) is 3. The Morgan fingerprint density at radius 3 is 2.65 bits per heavy atom. The monoisotopic (exact) mass is 247 g/mol. The van der Waals surface area contributed by atoms with Crippen LogP contribution >= 0.6 is 11.3 Å². The Morgan fingerprint density at radius 1 is 1.35 bits per heavy atom. The highest BCUT2D eigenvalue weighted by atomic mass is 32.1. The average Bonchev–Trinajstić information content (AvgIpc) is 2.78. The maximum Gasteiger partial charge on any atom is 0.345 e. The molecule has 2 rings (SSSR count). The van der Waals surface area contributed by atoms with Gasteiger partial charge in [-0.25, -0.2) is 9.18 Å². The van der Waals surface area contributed by atoms with Gasteiger partial charge in [0.1, 0.15) is 10.7 Å². The van der Waals surface area contributed by atoms with Gasteiger partial charge in [0.25, 0.3) is 0 Å². The Hall–Kier alpha value is -2.19. The first-order valence-corrected chi connectivity index (χ1v) is 5.46. The highest BCUT2D eigenvalue weighted by molar-refractivity contribution is 7.17. The van der Waals surface area contributed by atoms with Gasteiger partial charge in [0.15, 0.2) is 0 Å². The number of benzene rings is 1. The lowest BCUT2D eigenvalue weighted by Gasteiger charge is -1.99. The van der Waals surface area contributed by atoms with E-state index in [1.54, 1.807) is 6.07 Å². The van der Waals surface area contributed by atoms with E-state index >= 15 is 0 Å². The molecule has 17 heavy (non-hydrogen) atoms. The first-order valence-electron chi connectivity index (χ1n) is 4.65. The number of carbonyl (C=O) groups is 1. The normalized spacial score (nSPS) is 9.88. The third kappa shape index (κ3) is 2.17. The summed E-state index contributed by atoms with van der Waals surface area (Å²) in [6.07, 6.45) is 0. The SMILES string of the molecule is N#Cc1ccc(-c2ccc(C(=O)O)s2)c(F)c1. The average molecular weight is 247 g/mol. The Labute approximate surface area is 100 Å². The van der Waals surface area contributed by atoms with Gasteiger partial charge < -0.3 is 5.11 Å². The van der Waals surface area contributed by atoms with E-state index in [4.69, 9.17) is 10.4 Å². The molecule has 2 aromatic rings. The highest BCUT2D eigenvalue weighted by Crippen LogP contribution is 2.30. The fraction of sp³-hybridized carbons (Fsp3) is 0. The molecule has 1 N–H and O–H groups in total. The van der Waals surface area contributed by atoms with Crippen LogP contribution in [0.1, 0.15) is 15.2 Å². The van der Waals surface area contributed by atoms with E-state index in [1.165, 1.54) is 18.2 Å². The van der Waals surface area contributed by atoms with Gasteiger partial charge >= 0.3 is 5.97 Å². The molecule has 0 fully saturated rings. The first-order chi connectivity index (χ1) is 8.11. The van der Waals surface area contributed by atoms with Crippen LogP contribution in [0.25, 0.3) is 10.4 Å². The molecule has 0 amide bonds. The predicted octanol–water partition coefficient (Wildman–Crippen LogP) is 3.12. The predicted molar refractivity (Wildman–Crippen MR) is 61.4 cm³/mol. The summed E-state index contributed by atoms with van der Waals surface area (Å²) in [6, 6.07) is 8.93. The van der Waals surface area contributed by atoms with Crippen molar-refractivity contribution in [1.82, 2.24) is 0 Å². The summed E-state index contributed by atoms with van der Waals surface area (Å²) >= 11 is 0.999. The van der Waals surface area contributed by atoms with Gasteiger partial charge in [0, 0.05) is 10.4 Å². The number of aromatic carboxylic acids is 1. The van der Waals surface area contributed by atoms with E-state index in [1.807, 2.05) is 6.07 Å². The molecule has 0 unspecified atom stereocenters. The summed E-state index contributed by atoms with van der Waals surface area (Å²) in [6.45, 7) is 0. The van der Waals surface area contributed by atoms with E-state index in [0.29, 0.717) is 10.4 Å². The minimum atomic E-state index is -1.03. The van der Waals surface area contributed by atoms with E-state index in [9.17, 15) is 9.18 Å². The van der Waals surface area contributed by atoms with Gasteiger partial charge in [-0.3, -0.25) is 0 Å². The third-order valence-corrected chi connectivity index (χ3v) is 3.29. The lowest BCUT2D eigenvalue weighted by Crippen LogP contribution is -1.89. The van der Waals surface area contributed by atoms with Crippen molar-refractivity contribution in [3.05, 3.63) is 46.6 Å². The summed E-state index contributed by atoms with van der Waals surface area (Å²) in [5.74, 6) is -1.56. The summed E-state index contributed by atoms with van der Waals surface area (Å²) in [4.78, 5) is 11.4. The standard InChI is InChI=1S/C12H6FNO2S/c13-9-5-7(6-14)1-2-8(9)10-3-4-11(17-10)12(15)16/h1-5H,(H,15,16). The van der Waals surface area contributed by atoms with Gasteiger partial charge in [-0.15, -0.1) is 11.3 Å². The molecule has 84 valence electrons. The summed E-state index contributed by atoms with van der Waals surface area (Å²) in [5.41, 5.74) is 0.544. The van der Waals surface area contributed by atoms with Crippen molar-refractivity contribution < 1.29 is 14.3 Å². The number of rotatable bonds is 2. The number of carboxylic acid groups (broad SMARTS) is 1. The highest BCUT2D eigenvalue weighted by Gasteiger charge is 2.11. The largest absolute Gasteiger partial charge is 0.477 e. The van der Waals surface area contributed by atoms with E-state index < -0.39 is 11.8 Å². The number of hydrogen-bond donors (Lipinski definition) is 1. The van der Waals surface area contributed by atoms with Crippen LogP contribution in [0.15, 0.2) is 30.3 Å². The van der Waals surface area contributed by atoms with Crippen molar-refractivity contribution in [3.63, 3.8) is 0 Å². The first kappa shape index (κ1) is 11.3. The lowest BCUT2D eigenvalue weighted by molar-refractivity contribution is 0.0702. The molecule has 1 aromatic heterocycles. The molecule has 0 radical (unpaired) electrons. The molecule has 0 saturated carbocycles. The van der Waals surface area contributed by atoms with E-state index in [-0.39, 0.29) is 10.4 Å². The van der Waals surface area contributed by atoms with Crippen molar-refractivity contribution in [1.29, 1.82) is 5.26 Å². The Balaban J connectivity index is 2.46. The number of halogens is 1. The number of nitriles is 1. The van der Waals surface area contributed by atoms with Crippen molar-refractivity contribution in [2.75, 3.05) is 0 Å². The van der Waals surface area contributed by atoms with Crippen LogP contribution in [0.4, 0.5) is 4.39 Å². The van der Waals surface area contributed by atoms with Gasteiger partial charge in [-0.2, -0.15) is 5.26 Å². The van der Waals surface area contributed by atoms with Gasteiger partial charge in [-0.1, -0.05) is 0 Å². The van der Waals surface area contributed by atoms with Crippen LogP contribution in [-0.2, 0) is 0 Å². The molecule has 0 spiro atoms. The topological polar surface area (TPSA) is 61.1 Å². The van der Waals surface area contributed by atoms with Gasteiger partial charge in [0.2, 0.25) is 0 Å². The zero-order valence-electron chi connectivity index (χ0n) is 8.48. The van der Waals surface area contributed by atoms with Crippen molar-refractivity contribution in [2.24, 2.45) is 0 Å². The molecule has 1 aromatic carbocycles. The molecule has 0 atom stereocenters. The summed E-state index contributed by atoms with van der Waals surface area (Å²) < 4.78 is 13.6. The fourth-order valence-corrected chi connectivity index (χ4v) is 2.25. The maximum atomic E-state index is 13.6. The second kappa shape index (κ2) is 4.36. The maximum absolute atomic E-state index is 13.6. The Morgan fingerprint density at radius 2 is 2.12 bits per heavy atom. The molecule has 0 bridgehead atoms. The van der Waals surface area contributed by atoms with E-state index in [2.05, 4.69) is 0 Å². The minimum Gasteiger partial charge on any atom is -0.477 e. The van der Waals surface area contributed by atoms with Crippen molar-refractivity contribution in [3.8, 4) is 16.5 Å². The Bertz CT molecular complexity index is 628. The zero-order valence-corrected chi connectivity index (χ0v) is 9.29. The summed E-state index contributed by atoms with van der Waals surface area (Å²) in [7, 11) is 0. The number of carboxylic acids is 1. The number of thiophene rings is 1. The van der Waals surface area contributed by atoms with Crippen LogP contribution in [-0.4, -0.2) is 11.1 Å². The molecule has 0 aliphatic heterocycles. The van der Waals surface area contributed by atoms with E-state index in [0.717, 1.165) is 17.4 Å². The molecule has 0 aliphatic rings. The molecular formula is C12H6FNO2S. The minimum absolute atomic E-state index is 0.156. The lowest BCUT2D eigenvalue weighted by atomic mass is 10.1. The van der Waals surface area contributed by atoms with Crippen LogP contribution in [0.2, 0.25) is 0 Å². The second-order valence-electron chi connectivity index (χ2n) is 3.28. The molecule has 0 aliphatic carbocycles. The quantitative estimate of drug-likeness (QED) is 0.886. The molecule has 0 saturated heterocycles. The second-order valence-corrected chi connectivity index (χ2v) is 4.36. The molecule has 5 heteroatoms. The Kier molecular flexibility index (Phi) is 2.90. The van der Waals surface area contributed by atoms with Crippen LogP contribution in [0.3, 0.4) is 0 Å². The van der Waals surface area contributed by atoms with Crippen LogP contribution in [0.5, 0.6) is 0 Å². The fourth-order valence-electron chi connectivity index (χ4n) is 1.38. The molecular weight excluding hydrogens is 241 g/mol. The smallest absolute Gasteiger partial charge is 0.345 e. The number of nitrogens with zero attached hydrogens (tertiary/aromatic N) is 1. The molecule has 3 nitrogen and oxygen atoms in total. The van der Waals surface area contributed by atoms with Crippen molar-refractivity contribution in [2.45, 2.75) is 0 Å². The van der Waals surface area contributed by atoms with Crippen LogP contribution in [0, 0.1) is 17.1 Å². The molecule has 1 heterocycles. The van der Waals surface area contributed by atoms with Gasteiger partial charge in [0.05, 0.1) is 11.6 Å². The van der Waals surface area contributed by atoms with Crippen LogP contribution < -0.4 is 0 Å². The zero-order chi connectivity index (χ0) is 12.4.